The topological polar surface area (TPSA) is 99.3 Å². The third-order valence-corrected chi connectivity index (χ3v) is 7.27. The molecule has 0 bridgehead atoms. The summed E-state index contributed by atoms with van der Waals surface area (Å²) >= 11 is 1.48. The first kappa shape index (κ1) is 16.3. The Labute approximate surface area is 144 Å². The number of hydrogen-bond donors (Lipinski definition) is 2. The third-order valence-electron chi connectivity index (χ3n) is 3.27. The molecule has 0 aliphatic heterocycles. The van der Waals surface area contributed by atoms with Crippen LogP contribution in [0.25, 0.3) is 20.8 Å². The number of nitrogens with two attached hydrogens (primary N) is 1. The number of rotatable bonds is 5. The molecule has 0 fully saturated rings. The van der Waals surface area contributed by atoms with Crippen LogP contribution in [-0.4, -0.2) is 26.4 Å². The van der Waals surface area contributed by atoms with Crippen molar-refractivity contribution in [1.82, 2.24) is 4.98 Å². The zero-order valence-corrected chi connectivity index (χ0v) is 14.7. The van der Waals surface area contributed by atoms with Gasteiger partial charge in [0, 0.05) is 0 Å². The second-order valence-electron chi connectivity index (χ2n) is 4.87. The molecule has 3 heterocycles. The third kappa shape index (κ3) is 2.94. The number of aromatic nitrogens is 1. The van der Waals surface area contributed by atoms with E-state index in [2.05, 4.69) is 4.98 Å². The second-order valence-corrected chi connectivity index (χ2v) is 8.58. The first-order valence-corrected chi connectivity index (χ1v) is 9.93. The highest BCUT2D eigenvalue weighted by atomic mass is 32.2. The molecule has 0 saturated carbocycles. The van der Waals surface area contributed by atoms with E-state index < -0.39 is 17.1 Å². The quantitative estimate of drug-likeness (QED) is 0.669. The van der Waals surface area contributed by atoms with Crippen molar-refractivity contribution in [3.8, 4) is 10.6 Å². The van der Waals surface area contributed by atoms with E-state index in [4.69, 9.17) is 5.73 Å². The number of anilines is 1. The van der Waals surface area contributed by atoms with Crippen LogP contribution in [0.3, 0.4) is 0 Å². The van der Waals surface area contributed by atoms with Crippen molar-refractivity contribution in [2.75, 3.05) is 11.5 Å². The van der Waals surface area contributed by atoms with Crippen molar-refractivity contribution < 1.29 is 14.5 Å². The van der Waals surface area contributed by atoms with Crippen LogP contribution < -0.4 is 5.73 Å². The van der Waals surface area contributed by atoms with E-state index in [9.17, 15) is 14.5 Å². The molecule has 3 aromatic heterocycles. The van der Waals surface area contributed by atoms with Crippen LogP contribution >= 0.6 is 22.7 Å². The molecule has 1 atom stereocenters. The second kappa shape index (κ2) is 6.48. The zero-order chi connectivity index (χ0) is 16.6. The van der Waals surface area contributed by atoms with Crippen molar-refractivity contribution in [3.05, 3.63) is 29.1 Å². The molecule has 0 spiro atoms. The van der Waals surface area contributed by atoms with Gasteiger partial charge in [0.05, 0.1) is 21.5 Å². The number of hydrogen-bond acceptors (Lipinski definition) is 6. The van der Waals surface area contributed by atoms with Crippen LogP contribution in [-0.2, 0) is 11.2 Å². The maximum Gasteiger partial charge on any atom is 0.336 e. The van der Waals surface area contributed by atoms with E-state index >= 15 is 0 Å². The summed E-state index contributed by atoms with van der Waals surface area (Å²) in [6.07, 6.45) is 0.764. The molecule has 0 radical (unpaired) electrons. The van der Waals surface area contributed by atoms with E-state index in [0.717, 1.165) is 11.3 Å². The Bertz CT molecular complexity index is 859. The number of carboxylic acid groups (broad SMARTS) is 1. The van der Waals surface area contributed by atoms with Gasteiger partial charge in [0.1, 0.15) is 16.3 Å². The molecule has 1 unspecified atom stereocenters. The first-order chi connectivity index (χ1) is 11.0. The molecule has 23 heavy (non-hydrogen) atoms. The van der Waals surface area contributed by atoms with E-state index in [1.807, 2.05) is 24.4 Å². The summed E-state index contributed by atoms with van der Waals surface area (Å²) in [7, 11) is 0. The van der Waals surface area contributed by atoms with Gasteiger partial charge in [-0.2, -0.15) is 0 Å². The standard InChI is InChI=1S/C15H14N2O3S3/c1-2-6-23(20)15-12(16)11-8(14(18)19)7-9(17-13(11)22-15)10-4-3-5-21-10/h3-5,7H,2,6,16H2,1H3,(H,18,19). The average molecular weight is 366 g/mol. The Morgan fingerprint density at radius 2 is 2.30 bits per heavy atom. The molecule has 0 aliphatic rings. The molecule has 0 amide bonds. The number of aromatic carboxylic acids is 1. The Hall–Kier alpha value is -1.61. The summed E-state index contributed by atoms with van der Waals surface area (Å²) in [6, 6.07) is 5.31. The molecule has 3 aromatic rings. The van der Waals surface area contributed by atoms with Gasteiger partial charge in [-0.3, -0.25) is 0 Å². The fourth-order valence-electron chi connectivity index (χ4n) is 2.27. The first-order valence-electron chi connectivity index (χ1n) is 6.91. The summed E-state index contributed by atoms with van der Waals surface area (Å²) < 4.78 is 12.8. The number of nitrogens with zero attached hydrogens (tertiary/aromatic N) is 1. The van der Waals surface area contributed by atoms with E-state index in [-0.39, 0.29) is 11.3 Å². The van der Waals surface area contributed by atoms with Crippen molar-refractivity contribution in [3.63, 3.8) is 0 Å². The van der Waals surface area contributed by atoms with Crippen LogP contribution in [0, 0.1) is 0 Å². The summed E-state index contributed by atoms with van der Waals surface area (Å²) in [5, 5.41) is 11.8. The van der Waals surface area contributed by atoms with Crippen LogP contribution in [0.2, 0.25) is 0 Å². The highest BCUT2D eigenvalue weighted by Crippen LogP contribution is 2.40. The molecule has 3 rings (SSSR count). The van der Waals surface area contributed by atoms with Gasteiger partial charge in [0.15, 0.2) is 0 Å². The van der Waals surface area contributed by atoms with Crippen LogP contribution in [0.4, 0.5) is 5.69 Å². The minimum absolute atomic E-state index is 0.104. The molecular formula is C15H14N2O3S3. The summed E-state index contributed by atoms with van der Waals surface area (Å²) in [4.78, 5) is 17.6. The zero-order valence-electron chi connectivity index (χ0n) is 12.2. The van der Waals surface area contributed by atoms with Crippen molar-refractivity contribution >= 4 is 55.7 Å². The van der Waals surface area contributed by atoms with Crippen LogP contribution in [0.15, 0.2) is 27.8 Å². The Morgan fingerprint density at radius 3 is 2.91 bits per heavy atom. The van der Waals surface area contributed by atoms with Crippen LogP contribution in [0.5, 0.6) is 0 Å². The molecule has 8 heteroatoms. The van der Waals surface area contributed by atoms with Gasteiger partial charge >= 0.3 is 5.97 Å². The van der Waals surface area contributed by atoms with E-state index in [0.29, 0.717) is 25.9 Å². The number of carboxylic acids is 1. The highest BCUT2D eigenvalue weighted by molar-refractivity contribution is 7.93. The number of thiophene rings is 2. The summed E-state index contributed by atoms with van der Waals surface area (Å²) in [5.74, 6) is -0.565. The average Bonchev–Trinajstić information content (AvgIpc) is 3.15. The van der Waals surface area contributed by atoms with Gasteiger partial charge in [-0.1, -0.05) is 24.3 Å². The lowest BCUT2D eigenvalue weighted by Crippen LogP contribution is -2.06. The molecular weight excluding hydrogens is 352 g/mol. The van der Waals surface area contributed by atoms with E-state index in [1.54, 1.807) is 0 Å². The lowest BCUT2D eigenvalue weighted by atomic mass is 10.1. The highest BCUT2D eigenvalue weighted by Gasteiger charge is 2.26. The minimum atomic E-state index is -1.23. The van der Waals surface area contributed by atoms with Gasteiger partial charge in [0.2, 0.25) is 4.21 Å². The number of carbonyl (C=O) groups is 1. The van der Waals surface area contributed by atoms with Crippen molar-refractivity contribution in [2.45, 2.75) is 17.6 Å². The SMILES string of the molecule is CCC[S+]([O-])c1sc2nc(-c3cccs3)cc(C(=O)O)c2c1N. The lowest BCUT2D eigenvalue weighted by molar-refractivity contribution is 0.0699. The van der Waals surface area contributed by atoms with Gasteiger partial charge in [0.25, 0.3) is 0 Å². The Morgan fingerprint density at radius 1 is 1.52 bits per heavy atom. The minimum Gasteiger partial charge on any atom is -0.611 e. The number of pyridine rings is 1. The van der Waals surface area contributed by atoms with E-state index in [1.165, 1.54) is 28.7 Å². The largest absolute Gasteiger partial charge is 0.611 e. The number of nitrogen functional groups attached to an aromatic ring is 1. The normalized spacial score (nSPS) is 12.6. The fraction of sp³-hybridized carbons (Fsp3) is 0.200. The molecule has 0 aliphatic carbocycles. The van der Waals surface area contributed by atoms with Gasteiger partial charge in [-0.25, -0.2) is 9.78 Å². The van der Waals surface area contributed by atoms with Gasteiger partial charge < -0.3 is 15.4 Å². The molecule has 0 aromatic carbocycles. The lowest BCUT2D eigenvalue weighted by Gasteiger charge is -2.07. The van der Waals surface area contributed by atoms with Crippen molar-refractivity contribution in [2.24, 2.45) is 0 Å². The summed E-state index contributed by atoms with van der Waals surface area (Å²) in [5.41, 5.74) is 7.07. The summed E-state index contributed by atoms with van der Waals surface area (Å²) in [6.45, 7) is 1.94. The number of fused-ring (bicyclic) bond motifs is 1. The predicted octanol–water partition coefficient (Wildman–Crippen LogP) is 3.82. The smallest absolute Gasteiger partial charge is 0.336 e. The van der Waals surface area contributed by atoms with Crippen LogP contribution in [0.1, 0.15) is 23.7 Å². The monoisotopic (exact) mass is 366 g/mol. The van der Waals surface area contributed by atoms with Crippen molar-refractivity contribution in [1.29, 1.82) is 0 Å². The maximum absolute atomic E-state index is 12.3. The Balaban J connectivity index is 2.25. The molecule has 0 saturated heterocycles. The molecule has 120 valence electrons. The maximum atomic E-state index is 12.3. The fourth-order valence-corrected chi connectivity index (χ4v) is 5.57. The van der Waals surface area contributed by atoms with Gasteiger partial charge in [-0.05, 0) is 35.1 Å². The molecule has 3 N–H and O–H groups in total. The predicted molar refractivity (Wildman–Crippen MR) is 95.9 cm³/mol. The van der Waals surface area contributed by atoms with Gasteiger partial charge in [-0.15, -0.1) is 11.3 Å². The molecule has 5 nitrogen and oxygen atoms in total. The Kier molecular flexibility index (Phi) is 4.58.